The van der Waals surface area contributed by atoms with E-state index in [1.54, 1.807) is 45.5 Å². The van der Waals surface area contributed by atoms with Gasteiger partial charge in [-0.3, -0.25) is 9.89 Å². The van der Waals surface area contributed by atoms with Crippen molar-refractivity contribution in [3.05, 3.63) is 64.3 Å². The molecule has 0 aliphatic carbocycles. The molecule has 3 aromatic rings. The fraction of sp³-hybridized carbons (Fsp3) is 0.304. The van der Waals surface area contributed by atoms with Crippen molar-refractivity contribution < 1.29 is 23.7 Å². The summed E-state index contributed by atoms with van der Waals surface area (Å²) in [5, 5.41) is 8.01. The normalized spacial score (nSPS) is 15.4. The summed E-state index contributed by atoms with van der Waals surface area (Å²) in [4.78, 5) is 15.1. The number of ether oxygens (including phenoxy) is 4. The van der Waals surface area contributed by atoms with Crippen molar-refractivity contribution in [1.29, 1.82) is 0 Å². The van der Waals surface area contributed by atoms with E-state index >= 15 is 0 Å². The van der Waals surface area contributed by atoms with E-state index in [0.717, 1.165) is 16.7 Å². The Morgan fingerprint density at radius 1 is 1.03 bits per heavy atom. The van der Waals surface area contributed by atoms with Crippen molar-refractivity contribution in [3.8, 4) is 22.8 Å². The second-order valence-electron chi connectivity index (χ2n) is 7.24. The first-order valence-corrected chi connectivity index (χ1v) is 10.3. The van der Waals surface area contributed by atoms with Gasteiger partial charge in [-0.1, -0.05) is 29.8 Å². The van der Waals surface area contributed by atoms with E-state index in [2.05, 4.69) is 10.2 Å². The summed E-state index contributed by atoms with van der Waals surface area (Å²) in [7, 11) is 6.24. The van der Waals surface area contributed by atoms with E-state index in [4.69, 9.17) is 30.5 Å². The Bertz CT molecular complexity index is 1110. The first kappa shape index (κ1) is 22.1. The zero-order valence-electron chi connectivity index (χ0n) is 18.2. The number of aromatic amines is 1. The smallest absolute Gasteiger partial charge is 0.273 e. The molecule has 1 atom stereocenters. The van der Waals surface area contributed by atoms with Crippen molar-refractivity contribution in [2.75, 3.05) is 35.0 Å². The third-order valence-corrected chi connectivity index (χ3v) is 5.83. The summed E-state index contributed by atoms with van der Waals surface area (Å²) in [6, 6.07) is 12.5. The molecule has 2 heterocycles. The SMILES string of the molecule is COc1ccc(C2c3c(-c4ccc(Cl)cc4)n[nH]c3C(=O)N2CC(OC)OC)cc1OC. The van der Waals surface area contributed by atoms with Crippen molar-refractivity contribution in [2.24, 2.45) is 0 Å². The van der Waals surface area contributed by atoms with E-state index in [9.17, 15) is 4.79 Å². The third kappa shape index (κ3) is 3.81. The maximum atomic E-state index is 13.4. The van der Waals surface area contributed by atoms with Gasteiger partial charge in [0, 0.05) is 30.4 Å². The summed E-state index contributed by atoms with van der Waals surface area (Å²) in [6.07, 6.45) is -0.586. The zero-order chi connectivity index (χ0) is 22.8. The summed E-state index contributed by atoms with van der Waals surface area (Å²) in [5.74, 6) is 0.980. The number of rotatable bonds is 8. The van der Waals surface area contributed by atoms with Gasteiger partial charge in [-0.25, -0.2) is 0 Å². The Kier molecular flexibility index (Phi) is 6.36. The molecular weight excluding hydrogens is 434 g/mol. The van der Waals surface area contributed by atoms with Crippen molar-refractivity contribution in [1.82, 2.24) is 15.1 Å². The predicted molar refractivity (Wildman–Crippen MR) is 119 cm³/mol. The average molecular weight is 458 g/mol. The highest BCUT2D eigenvalue weighted by Crippen LogP contribution is 2.44. The van der Waals surface area contributed by atoms with Gasteiger partial charge < -0.3 is 23.8 Å². The molecule has 0 saturated heterocycles. The van der Waals surface area contributed by atoms with E-state index in [-0.39, 0.29) is 12.5 Å². The Hall–Kier alpha value is -3.07. The molecule has 8 nitrogen and oxygen atoms in total. The van der Waals surface area contributed by atoms with Crippen LogP contribution in [-0.2, 0) is 9.47 Å². The lowest BCUT2D eigenvalue weighted by atomic mass is 9.95. The fourth-order valence-electron chi connectivity index (χ4n) is 3.99. The van der Waals surface area contributed by atoms with Gasteiger partial charge in [0.1, 0.15) is 5.69 Å². The number of benzene rings is 2. The Balaban J connectivity index is 1.87. The highest BCUT2D eigenvalue weighted by atomic mass is 35.5. The molecule has 0 saturated carbocycles. The molecule has 0 bridgehead atoms. The molecule has 1 aliphatic rings. The minimum Gasteiger partial charge on any atom is -0.493 e. The lowest BCUT2D eigenvalue weighted by Gasteiger charge is -2.29. The van der Waals surface area contributed by atoms with Gasteiger partial charge in [-0.05, 0) is 29.8 Å². The van der Waals surface area contributed by atoms with Gasteiger partial charge >= 0.3 is 0 Å². The number of halogens is 1. The molecule has 32 heavy (non-hydrogen) atoms. The average Bonchev–Trinajstić information content (AvgIpc) is 3.36. The van der Waals surface area contributed by atoms with Crippen LogP contribution in [0.2, 0.25) is 5.02 Å². The number of hydrogen-bond donors (Lipinski definition) is 1. The van der Waals surface area contributed by atoms with Gasteiger partial charge in [0.25, 0.3) is 5.91 Å². The van der Waals surface area contributed by atoms with Crippen molar-refractivity contribution >= 4 is 17.5 Å². The number of aromatic nitrogens is 2. The molecular formula is C23H24ClN3O5. The third-order valence-electron chi connectivity index (χ3n) is 5.58. The number of methoxy groups -OCH3 is 4. The van der Waals surface area contributed by atoms with Crippen molar-refractivity contribution in [2.45, 2.75) is 12.3 Å². The number of nitrogens with one attached hydrogen (secondary N) is 1. The number of hydrogen-bond acceptors (Lipinski definition) is 6. The Labute approximate surface area is 191 Å². The first-order valence-electron chi connectivity index (χ1n) is 9.95. The standard InChI is InChI=1S/C23H24ClN3O5/c1-29-16-10-7-14(11-17(16)30-2)22-19-20(13-5-8-15(24)9-6-13)25-26-21(19)23(28)27(22)12-18(31-3)32-4/h5-11,18,22H,12H2,1-4H3,(H,25,26). The molecule has 1 aliphatic heterocycles. The number of carbonyl (C=O) groups excluding carboxylic acids is 1. The molecule has 0 spiro atoms. The van der Waals surface area contributed by atoms with Crippen LogP contribution in [-0.4, -0.2) is 62.3 Å². The van der Waals surface area contributed by atoms with Gasteiger partial charge in [0.05, 0.1) is 32.5 Å². The summed E-state index contributed by atoms with van der Waals surface area (Å²) in [5.41, 5.74) is 3.58. The van der Waals surface area contributed by atoms with E-state index in [1.165, 1.54) is 0 Å². The monoisotopic (exact) mass is 457 g/mol. The summed E-state index contributed by atoms with van der Waals surface area (Å²) in [6.45, 7) is 0.230. The van der Waals surface area contributed by atoms with E-state index < -0.39 is 12.3 Å². The number of nitrogens with zero attached hydrogens (tertiary/aromatic N) is 2. The number of amides is 1. The molecule has 9 heteroatoms. The van der Waals surface area contributed by atoms with E-state index in [1.807, 2.05) is 30.3 Å². The minimum absolute atomic E-state index is 0.188. The van der Waals surface area contributed by atoms with E-state index in [0.29, 0.717) is 27.9 Å². The second kappa shape index (κ2) is 9.20. The van der Waals surface area contributed by atoms with Crippen LogP contribution >= 0.6 is 11.6 Å². The maximum absolute atomic E-state index is 13.4. The molecule has 1 aromatic heterocycles. The largest absolute Gasteiger partial charge is 0.493 e. The molecule has 2 aromatic carbocycles. The molecule has 0 radical (unpaired) electrons. The summed E-state index contributed by atoms with van der Waals surface area (Å²) < 4.78 is 21.6. The predicted octanol–water partition coefficient (Wildman–Crippen LogP) is 3.91. The molecule has 1 unspecified atom stereocenters. The van der Waals surface area contributed by atoms with Crippen LogP contribution in [0.1, 0.15) is 27.7 Å². The van der Waals surface area contributed by atoms with Crippen LogP contribution in [0.3, 0.4) is 0 Å². The van der Waals surface area contributed by atoms with Crippen LogP contribution in [0, 0.1) is 0 Å². The topological polar surface area (TPSA) is 85.9 Å². The summed E-state index contributed by atoms with van der Waals surface area (Å²) >= 11 is 6.07. The lowest BCUT2D eigenvalue weighted by Crippen LogP contribution is -2.38. The van der Waals surface area contributed by atoms with Gasteiger partial charge in [0.15, 0.2) is 17.8 Å². The highest BCUT2D eigenvalue weighted by molar-refractivity contribution is 6.30. The molecule has 168 valence electrons. The first-order chi connectivity index (χ1) is 15.5. The number of H-pyrrole nitrogens is 1. The molecule has 1 amide bonds. The minimum atomic E-state index is -0.586. The number of fused-ring (bicyclic) bond motifs is 1. The van der Waals surface area contributed by atoms with Gasteiger partial charge in [-0.2, -0.15) is 5.10 Å². The van der Waals surface area contributed by atoms with Crippen LogP contribution < -0.4 is 9.47 Å². The zero-order valence-corrected chi connectivity index (χ0v) is 19.0. The van der Waals surface area contributed by atoms with Gasteiger partial charge in [-0.15, -0.1) is 0 Å². The van der Waals surface area contributed by atoms with Crippen LogP contribution in [0.4, 0.5) is 0 Å². The van der Waals surface area contributed by atoms with Crippen LogP contribution in [0.15, 0.2) is 42.5 Å². The maximum Gasteiger partial charge on any atom is 0.273 e. The molecule has 0 fully saturated rings. The van der Waals surface area contributed by atoms with Crippen molar-refractivity contribution in [3.63, 3.8) is 0 Å². The fourth-order valence-corrected chi connectivity index (χ4v) is 4.11. The Morgan fingerprint density at radius 2 is 1.72 bits per heavy atom. The second-order valence-corrected chi connectivity index (χ2v) is 7.68. The lowest BCUT2D eigenvalue weighted by molar-refractivity contribution is -0.113. The Morgan fingerprint density at radius 3 is 2.34 bits per heavy atom. The molecule has 1 N–H and O–H groups in total. The highest BCUT2D eigenvalue weighted by Gasteiger charge is 2.43. The van der Waals surface area contributed by atoms with Crippen LogP contribution in [0.25, 0.3) is 11.3 Å². The van der Waals surface area contributed by atoms with Gasteiger partial charge in [0.2, 0.25) is 0 Å². The molecule has 4 rings (SSSR count). The van der Waals surface area contributed by atoms with Crippen LogP contribution in [0.5, 0.6) is 11.5 Å². The number of carbonyl (C=O) groups is 1. The quantitative estimate of drug-likeness (QED) is 0.516.